The predicted molar refractivity (Wildman–Crippen MR) is 159 cm³/mol. The molecule has 0 spiro atoms. The van der Waals surface area contributed by atoms with Gasteiger partial charge in [0, 0.05) is 47.2 Å². The van der Waals surface area contributed by atoms with Gasteiger partial charge in [-0.2, -0.15) is 0 Å². The smallest absolute Gasteiger partial charge is 0.266 e. The molecule has 7 nitrogen and oxygen atoms in total. The van der Waals surface area contributed by atoms with E-state index in [1.165, 1.54) is 4.90 Å². The highest BCUT2D eigenvalue weighted by molar-refractivity contribution is 6.43. The van der Waals surface area contributed by atoms with E-state index in [0.29, 0.717) is 33.3 Å². The Morgan fingerprint density at radius 3 is 1.51 bits per heavy atom. The zero-order valence-corrected chi connectivity index (χ0v) is 22.3. The van der Waals surface area contributed by atoms with Gasteiger partial charge in [0.05, 0.1) is 16.9 Å². The first kappa shape index (κ1) is 24.5. The first-order chi connectivity index (χ1) is 19.9. The molecule has 0 bridgehead atoms. The lowest BCUT2D eigenvalue weighted by Crippen LogP contribution is -2.43. The van der Waals surface area contributed by atoms with E-state index in [1.54, 1.807) is 66.7 Å². The monoisotopic (exact) mass is 537 g/mol. The predicted octanol–water partition coefficient (Wildman–Crippen LogP) is 6.17. The molecule has 41 heavy (non-hydrogen) atoms. The van der Waals surface area contributed by atoms with Crippen molar-refractivity contribution >= 4 is 51.5 Å². The topological polar surface area (TPSA) is 78.0 Å². The van der Waals surface area contributed by atoms with E-state index >= 15 is 0 Å². The lowest BCUT2D eigenvalue weighted by atomic mass is 9.81. The van der Waals surface area contributed by atoms with Crippen LogP contribution in [-0.2, 0) is 0 Å². The van der Waals surface area contributed by atoms with Crippen LogP contribution in [0.5, 0.6) is 0 Å². The summed E-state index contributed by atoms with van der Waals surface area (Å²) in [5, 5.41) is 0.672. The van der Waals surface area contributed by atoms with E-state index in [1.807, 2.05) is 55.4 Å². The minimum Gasteiger partial charge on any atom is -0.378 e. The number of para-hydroxylation sites is 2. The van der Waals surface area contributed by atoms with Crippen LogP contribution in [0.15, 0.2) is 103 Å². The van der Waals surface area contributed by atoms with Crippen LogP contribution in [0.4, 0.5) is 17.1 Å². The SMILES string of the molecule is CN(C)c1ccc(-c2cc3c4c(ccc5c4c2C(=O)N(c2ccccc2)C5=O)C(=O)N(c2ccccc2)C3=O)cc1. The number of imide groups is 2. The van der Waals surface area contributed by atoms with Gasteiger partial charge in [0.1, 0.15) is 0 Å². The third-order valence-corrected chi connectivity index (χ3v) is 7.72. The molecule has 2 aliphatic heterocycles. The second kappa shape index (κ2) is 8.99. The summed E-state index contributed by atoms with van der Waals surface area (Å²) in [6, 6.07) is 30.0. The third-order valence-electron chi connectivity index (χ3n) is 7.72. The Hall–Kier alpha value is -5.56. The summed E-state index contributed by atoms with van der Waals surface area (Å²) in [6.07, 6.45) is 0. The number of hydrogen-bond donors (Lipinski definition) is 0. The Balaban J connectivity index is 1.55. The average molecular weight is 538 g/mol. The van der Waals surface area contributed by atoms with Crippen LogP contribution in [0, 0.1) is 0 Å². The lowest BCUT2D eigenvalue weighted by Gasteiger charge is -2.33. The minimum atomic E-state index is -0.506. The summed E-state index contributed by atoms with van der Waals surface area (Å²) in [5.41, 5.74) is 4.18. The standard InChI is InChI=1S/C34H23N3O4/c1-35(2)21-15-13-20(14-16-21)26-19-27-28-24(31(38)36(33(27)40)22-9-5-3-6-10-22)17-18-25-29(28)30(26)34(41)37(32(25)39)23-11-7-4-8-12-23/h3-19H,1-2H3. The Labute approximate surface area is 235 Å². The largest absolute Gasteiger partial charge is 0.378 e. The van der Waals surface area contributed by atoms with Crippen LogP contribution < -0.4 is 14.7 Å². The Morgan fingerprint density at radius 1 is 0.488 bits per heavy atom. The zero-order chi connectivity index (χ0) is 28.4. The highest BCUT2D eigenvalue weighted by Gasteiger charge is 2.42. The fourth-order valence-electron chi connectivity index (χ4n) is 5.76. The zero-order valence-electron chi connectivity index (χ0n) is 22.3. The number of rotatable bonds is 4. The number of benzene rings is 5. The first-order valence-electron chi connectivity index (χ1n) is 13.2. The maximum atomic E-state index is 14.3. The van der Waals surface area contributed by atoms with Crippen LogP contribution in [0.25, 0.3) is 21.9 Å². The van der Waals surface area contributed by atoms with Gasteiger partial charge in [-0.1, -0.05) is 48.5 Å². The molecule has 4 amide bonds. The van der Waals surface area contributed by atoms with Crippen molar-refractivity contribution in [2.75, 3.05) is 28.8 Å². The van der Waals surface area contributed by atoms with E-state index in [2.05, 4.69) is 0 Å². The number of amides is 4. The van der Waals surface area contributed by atoms with Gasteiger partial charge in [0.2, 0.25) is 0 Å². The molecule has 0 N–H and O–H groups in total. The molecule has 0 fully saturated rings. The Kier molecular flexibility index (Phi) is 5.37. The van der Waals surface area contributed by atoms with E-state index in [-0.39, 0.29) is 22.3 Å². The molecule has 0 aliphatic carbocycles. The van der Waals surface area contributed by atoms with Gasteiger partial charge in [-0.05, 0) is 65.7 Å². The number of hydrogen-bond acceptors (Lipinski definition) is 5. The van der Waals surface area contributed by atoms with Crippen molar-refractivity contribution in [3.63, 3.8) is 0 Å². The molecule has 0 saturated carbocycles. The van der Waals surface area contributed by atoms with Gasteiger partial charge < -0.3 is 4.90 Å². The maximum absolute atomic E-state index is 14.3. The van der Waals surface area contributed by atoms with Crippen molar-refractivity contribution in [1.82, 2.24) is 0 Å². The molecule has 5 aromatic carbocycles. The number of carbonyl (C=O) groups is 4. The summed E-state index contributed by atoms with van der Waals surface area (Å²) in [7, 11) is 3.88. The molecule has 0 aromatic heterocycles. The van der Waals surface area contributed by atoms with E-state index in [9.17, 15) is 19.2 Å². The Bertz CT molecular complexity index is 1930. The first-order valence-corrected chi connectivity index (χ1v) is 13.2. The van der Waals surface area contributed by atoms with Gasteiger partial charge in [0.15, 0.2) is 0 Å². The summed E-state index contributed by atoms with van der Waals surface area (Å²) < 4.78 is 0. The van der Waals surface area contributed by atoms with Crippen LogP contribution in [0.1, 0.15) is 41.4 Å². The highest BCUT2D eigenvalue weighted by Crippen LogP contribution is 2.44. The molecule has 7 rings (SSSR count). The lowest BCUT2D eigenvalue weighted by molar-refractivity contribution is 0.0873. The highest BCUT2D eigenvalue weighted by atomic mass is 16.2. The summed E-state index contributed by atoms with van der Waals surface area (Å²) in [6.45, 7) is 0. The van der Waals surface area contributed by atoms with Crippen LogP contribution in [0.3, 0.4) is 0 Å². The fourth-order valence-corrected chi connectivity index (χ4v) is 5.76. The molecule has 2 aliphatic rings. The number of carbonyl (C=O) groups excluding carboxylic acids is 4. The number of anilines is 3. The normalized spacial score (nSPS) is 14.2. The summed E-state index contributed by atoms with van der Waals surface area (Å²) in [5.74, 6) is -2.01. The van der Waals surface area contributed by atoms with Crippen molar-refractivity contribution < 1.29 is 19.2 Å². The minimum absolute atomic E-state index is 0.268. The van der Waals surface area contributed by atoms with E-state index < -0.39 is 23.6 Å². The molecule has 5 aromatic rings. The summed E-state index contributed by atoms with van der Waals surface area (Å²) in [4.78, 5) is 60.3. The van der Waals surface area contributed by atoms with Crippen LogP contribution in [-0.4, -0.2) is 37.7 Å². The Morgan fingerprint density at radius 2 is 0.976 bits per heavy atom. The number of nitrogens with zero attached hydrogens (tertiary/aromatic N) is 3. The second-order valence-corrected chi connectivity index (χ2v) is 10.3. The van der Waals surface area contributed by atoms with Crippen molar-refractivity contribution in [1.29, 1.82) is 0 Å². The van der Waals surface area contributed by atoms with E-state index in [0.717, 1.165) is 10.6 Å². The molecule has 7 heteroatoms. The molecular weight excluding hydrogens is 514 g/mol. The summed E-state index contributed by atoms with van der Waals surface area (Å²) >= 11 is 0. The van der Waals surface area contributed by atoms with Gasteiger partial charge in [-0.15, -0.1) is 0 Å². The molecule has 0 radical (unpaired) electrons. The third kappa shape index (κ3) is 3.52. The maximum Gasteiger partial charge on any atom is 0.266 e. The van der Waals surface area contributed by atoms with Crippen molar-refractivity contribution in [3.8, 4) is 11.1 Å². The van der Waals surface area contributed by atoms with Crippen LogP contribution >= 0.6 is 0 Å². The molecule has 0 atom stereocenters. The van der Waals surface area contributed by atoms with Gasteiger partial charge >= 0.3 is 0 Å². The van der Waals surface area contributed by atoms with Crippen molar-refractivity contribution in [3.05, 3.63) is 125 Å². The second-order valence-electron chi connectivity index (χ2n) is 10.3. The molecular formula is C34H23N3O4. The van der Waals surface area contributed by atoms with Crippen LogP contribution in [0.2, 0.25) is 0 Å². The quantitative estimate of drug-likeness (QED) is 0.256. The molecule has 198 valence electrons. The van der Waals surface area contributed by atoms with Gasteiger partial charge in [-0.25, -0.2) is 9.80 Å². The van der Waals surface area contributed by atoms with Crippen molar-refractivity contribution in [2.24, 2.45) is 0 Å². The molecule has 2 heterocycles. The molecule has 0 saturated heterocycles. The van der Waals surface area contributed by atoms with Gasteiger partial charge in [-0.3, -0.25) is 19.2 Å². The average Bonchev–Trinajstić information content (AvgIpc) is 3.00. The van der Waals surface area contributed by atoms with E-state index in [4.69, 9.17) is 0 Å². The van der Waals surface area contributed by atoms with Crippen molar-refractivity contribution in [2.45, 2.75) is 0 Å². The van der Waals surface area contributed by atoms with Gasteiger partial charge in [0.25, 0.3) is 23.6 Å². The fraction of sp³-hybridized carbons (Fsp3) is 0.0588. The molecule has 0 unspecified atom stereocenters.